The minimum absolute atomic E-state index is 0.0816. The van der Waals surface area contributed by atoms with Gasteiger partial charge in [-0.25, -0.2) is 0 Å². The number of amides is 1. The number of hydrogen-bond donors (Lipinski definition) is 2. The van der Waals surface area contributed by atoms with Crippen LogP contribution in [0.25, 0.3) is 0 Å². The van der Waals surface area contributed by atoms with Crippen LogP contribution in [-0.2, 0) is 9.53 Å². The lowest BCUT2D eigenvalue weighted by atomic mass is 10.1. The maximum Gasteiger partial charge on any atom is 0.236 e. The molecule has 0 aliphatic carbocycles. The zero-order valence-electron chi connectivity index (χ0n) is 7.38. The van der Waals surface area contributed by atoms with Gasteiger partial charge in [-0.05, 0) is 13.3 Å². The number of nitrogens with one attached hydrogen (secondary N) is 1. The third-order valence-electron chi connectivity index (χ3n) is 2.00. The molecule has 1 aliphatic rings. The van der Waals surface area contributed by atoms with Crippen molar-refractivity contribution in [3.63, 3.8) is 0 Å². The molecule has 1 unspecified atom stereocenters. The van der Waals surface area contributed by atoms with Crippen LogP contribution in [0.5, 0.6) is 0 Å². The Kier molecular flexibility index (Phi) is 3.49. The van der Waals surface area contributed by atoms with E-state index < -0.39 is 6.04 Å². The van der Waals surface area contributed by atoms with Gasteiger partial charge in [0, 0.05) is 19.1 Å². The van der Waals surface area contributed by atoms with Crippen LogP contribution in [0.15, 0.2) is 0 Å². The summed E-state index contributed by atoms with van der Waals surface area (Å²) in [5, 5.41) is 2.78. The van der Waals surface area contributed by atoms with Crippen LogP contribution in [-0.4, -0.2) is 31.7 Å². The number of carbonyl (C=O) groups excluding carboxylic acids is 1. The maximum absolute atomic E-state index is 11.0. The van der Waals surface area contributed by atoms with Crippen molar-refractivity contribution in [1.82, 2.24) is 5.32 Å². The first-order valence-corrected chi connectivity index (χ1v) is 4.31. The molecule has 0 spiro atoms. The average Bonchev–Trinajstić information content (AvgIpc) is 2.51. The predicted molar refractivity (Wildman–Crippen MR) is 45.6 cm³/mol. The van der Waals surface area contributed by atoms with Crippen LogP contribution < -0.4 is 11.1 Å². The number of rotatable bonds is 3. The Morgan fingerprint density at radius 1 is 1.83 bits per heavy atom. The Morgan fingerprint density at radius 3 is 3.08 bits per heavy atom. The second-order valence-corrected chi connectivity index (χ2v) is 3.26. The van der Waals surface area contributed by atoms with E-state index in [0.29, 0.717) is 12.5 Å². The first kappa shape index (κ1) is 9.48. The minimum atomic E-state index is -0.410. The summed E-state index contributed by atoms with van der Waals surface area (Å²) >= 11 is 0. The van der Waals surface area contributed by atoms with Crippen molar-refractivity contribution >= 4 is 5.91 Å². The van der Waals surface area contributed by atoms with E-state index in [1.807, 2.05) is 0 Å². The van der Waals surface area contributed by atoms with Gasteiger partial charge in [-0.3, -0.25) is 4.79 Å². The van der Waals surface area contributed by atoms with Gasteiger partial charge in [0.1, 0.15) is 0 Å². The number of ether oxygens (including phenoxy) is 1. The molecule has 1 saturated heterocycles. The van der Waals surface area contributed by atoms with E-state index >= 15 is 0 Å². The van der Waals surface area contributed by atoms with Gasteiger partial charge < -0.3 is 15.8 Å². The topological polar surface area (TPSA) is 64.4 Å². The van der Waals surface area contributed by atoms with Crippen molar-refractivity contribution in [2.75, 3.05) is 19.8 Å². The van der Waals surface area contributed by atoms with Gasteiger partial charge in [-0.15, -0.1) is 0 Å². The van der Waals surface area contributed by atoms with Crippen molar-refractivity contribution in [3.05, 3.63) is 0 Å². The van der Waals surface area contributed by atoms with Crippen molar-refractivity contribution in [2.24, 2.45) is 11.7 Å². The Bertz CT molecular complexity index is 153. The van der Waals surface area contributed by atoms with Crippen LogP contribution in [0.3, 0.4) is 0 Å². The van der Waals surface area contributed by atoms with E-state index in [0.717, 1.165) is 19.6 Å². The lowest BCUT2D eigenvalue weighted by molar-refractivity contribution is -0.122. The molecule has 3 N–H and O–H groups in total. The van der Waals surface area contributed by atoms with Gasteiger partial charge in [0.05, 0.1) is 12.6 Å². The summed E-state index contributed by atoms with van der Waals surface area (Å²) in [4.78, 5) is 11.0. The van der Waals surface area contributed by atoms with Crippen molar-refractivity contribution in [3.8, 4) is 0 Å². The monoisotopic (exact) mass is 172 g/mol. The average molecular weight is 172 g/mol. The Hall–Kier alpha value is -0.610. The Balaban J connectivity index is 2.12. The highest BCUT2D eigenvalue weighted by Gasteiger charge is 2.16. The molecule has 1 heterocycles. The molecule has 1 aliphatic heterocycles. The summed E-state index contributed by atoms with van der Waals surface area (Å²) < 4.78 is 5.17. The van der Waals surface area contributed by atoms with E-state index in [1.165, 1.54) is 0 Å². The predicted octanol–water partition coefficient (Wildman–Crippen LogP) is -0.514. The largest absolute Gasteiger partial charge is 0.381 e. The molecule has 4 heteroatoms. The van der Waals surface area contributed by atoms with Crippen LogP contribution >= 0.6 is 0 Å². The summed E-state index contributed by atoms with van der Waals surface area (Å²) in [6, 6.07) is -0.410. The highest BCUT2D eigenvalue weighted by molar-refractivity contribution is 5.80. The van der Waals surface area contributed by atoms with Crippen molar-refractivity contribution < 1.29 is 9.53 Å². The standard InChI is InChI=1S/C8H16N2O2/c1-6(9)8(11)10-4-7-2-3-12-5-7/h6-7H,2-5,9H2,1H3,(H,10,11)/t6-,7?/m0/s1. The normalized spacial score (nSPS) is 25.3. The molecule has 1 rings (SSSR count). The molecule has 70 valence electrons. The lowest BCUT2D eigenvalue weighted by Gasteiger charge is -2.10. The highest BCUT2D eigenvalue weighted by Crippen LogP contribution is 2.10. The van der Waals surface area contributed by atoms with E-state index in [9.17, 15) is 4.79 Å². The first-order chi connectivity index (χ1) is 5.70. The molecule has 1 fully saturated rings. The fourth-order valence-electron chi connectivity index (χ4n) is 1.15. The number of carbonyl (C=O) groups is 1. The SMILES string of the molecule is C[C@H](N)C(=O)NCC1CCOC1. The van der Waals surface area contributed by atoms with E-state index in [2.05, 4.69) is 5.32 Å². The Morgan fingerprint density at radius 2 is 2.58 bits per heavy atom. The van der Waals surface area contributed by atoms with E-state index in [4.69, 9.17) is 10.5 Å². The van der Waals surface area contributed by atoms with Gasteiger partial charge in [-0.2, -0.15) is 0 Å². The summed E-state index contributed by atoms with van der Waals surface area (Å²) in [5.74, 6) is 0.398. The molecule has 0 radical (unpaired) electrons. The summed E-state index contributed by atoms with van der Waals surface area (Å²) in [6.07, 6.45) is 1.04. The molecule has 0 aromatic carbocycles. The molecule has 0 aromatic heterocycles. The highest BCUT2D eigenvalue weighted by atomic mass is 16.5. The lowest BCUT2D eigenvalue weighted by Crippen LogP contribution is -2.40. The second-order valence-electron chi connectivity index (χ2n) is 3.26. The molecule has 12 heavy (non-hydrogen) atoms. The van der Waals surface area contributed by atoms with Crippen LogP contribution in [0.2, 0.25) is 0 Å². The van der Waals surface area contributed by atoms with Crippen LogP contribution in [0.1, 0.15) is 13.3 Å². The molecular formula is C8H16N2O2. The van der Waals surface area contributed by atoms with Crippen molar-refractivity contribution in [1.29, 1.82) is 0 Å². The number of hydrogen-bond acceptors (Lipinski definition) is 3. The van der Waals surface area contributed by atoms with Gasteiger partial charge in [-0.1, -0.05) is 0 Å². The third kappa shape index (κ3) is 2.79. The second kappa shape index (κ2) is 4.42. The molecule has 4 nitrogen and oxygen atoms in total. The molecule has 1 amide bonds. The first-order valence-electron chi connectivity index (χ1n) is 4.31. The van der Waals surface area contributed by atoms with Crippen LogP contribution in [0.4, 0.5) is 0 Å². The zero-order valence-corrected chi connectivity index (χ0v) is 7.38. The molecule has 0 bridgehead atoms. The van der Waals surface area contributed by atoms with Gasteiger partial charge in [0.15, 0.2) is 0 Å². The van der Waals surface area contributed by atoms with Gasteiger partial charge in [0.2, 0.25) is 5.91 Å². The maximum atomic E-state index is 11.0. The van der Waals surface area contributed by atoms with E-state index in [-0.39, 0.29) is 5.91 Å². The number of nitrogens with two attached hydrogens (primary N) is 1. The Labute approximate surface area is 72.5 Å². The summed E-state index contributed by atoms with van der Waals surface area (Å²) in [6.45, 7) is 3.96. The molecule has 0 aromatic rings. The summed E-state index contributed by atoms with van der Waals surface area (Å²) in [7, 11) is 0. The van der Waals surface area contributed by atoms with E-state index in [1.54, 1.807) is 6.92 Å². The van der Waals surface area contributed by atoms with Crippen molar-refractivity contribution in [2.45, 2.75) is 19.4 Å². The fourth-order valence-corrected chi connectivity index (χ4v) is 1.15. The fraction of sp³-hybridized carbons (Fsp3) is 0.875. The quantitative estimate of drug-likeness (QED) is 0.602. The molecular weight excluding hydrogens is 156 g/mol. The minimum Gasteiger partial charge on any atom is -0.381 e. The van der Waals surface area contributed by atoms with Gasteiger partial charge in [0.25, 0.3) is 0 Å². The van der Waals surface area contributed by atoms with Crippen LogP contribution in [0, 0.1) is 5.92 Å². The smallest absolute Gasteiger partial charge is 0.236 e. The van der Waals surface area contributed by atoms with Gasteiger partial charge >= 0.3 is 0 Å². The molecule has 2 atom stereocenters. The summed E-state index contributed by atoms with van der Waals surface area (Å²) in [5.41, 5.74) is 5.38. The third-order valence-corrected chi connectivity index (χ3v) is 2.00. The zero-order chi connectivity index (χ0) is 8.97. The molecule has 0 saturated carbocycles.